The first-order valence-electron chi connectivity index (χ1n) is 10.4. The zero-order chi connectivity index (χ0) is 22.0. The fourth-order valence-corrected chi connectivity index (χ4v) is 4.56. The van der Waals surface area contributed by atoms with Crippen LogP contribution in [0, 0.1) is 11.7 Å². The smallest absolute Gasteiger partial charge is 0.259 e. The number of fused-ring (bicyclic) bond motifs is 1. The molecule has 1 aromatic heterocycles. The fraction of sp³-hybridized carbons (Fsp3) is 0.435. The van der Waals surface area contributed by atoms with Crippen LogP contribution in [-0.2, 0) is 11.3 Å². The van der Waals surface area contributed by atoms with Crippen LogP contribution in [0.25, 0.3) is 0 Å². The van der Waals surface area contributed by atoms with Crippen molar-refractivity contribution >= 4 is 11.8 Å². The second kappa shape index (κ2) is 8.91. The van der Waals surface area contributed by atoms with E-state index in [0.29, 0.717) is 37.5 Å². The van der Waals surface area contributed by atoms with Crippen LogP contribution >= 0.6 is 0 Å². The van der Waals surface area contributed by atoms with Gasteiger partial charge in [-0.2, -0.15) is 4.98 Å². The Hall–Kier alpha value is -3.16. The average molecular weight is 427 g/mol. The van der Waals surface area contributed by atoms with Crippen LogP contribution in [0.3, 0.4) is 0 Å². The number of likely N-dealkylation sites (tertiary alicyclic amines) is 2. The van der Waals surface area contributed by atoms with Gasteiger partial charge in [0.2, 0.25) is 17.7 Å². The quantitative estimate of drug-likeness (QED) is 0.734. The maximum atomic E-state index is 13.7. The molecular formula is C23H26FN3O4. The summed E-state index contributed by atoms with van der Waals surface area (Å²) in [5.41, 5.74) is 1.11. The highest BCUT2D eigenvalue weighted by Gasteiger charge is 2.42. The van der Waals surface area contributed by atoms with Gasteiger partial charge in [-0.05, 0) is 42.5 Å². The molecule has 2 fully saturated rings. The van der Waals surface area contributed by atoms with E-state index >= 15 is 0 Å². The van der Waals surface area contributed by atoms with Gasteiger partial charge >= 0.3 is 0 Å². The number of hydrogen-bond donors (Lipinski definition) is 0. The molecule has 2 aliphatic heterocycles. The van der Waals surface area contributed by atoms with Gasteiger partial charge in [-0.3, -0.25) is 9.59 Å². The van der Waals surface area contributed by atoms with Gasteiger partial charge in [-0.25, -0.2) is 4.39 Å². The lowest BCUT2D eigenvalue weighted by molar-refractivity contribution is -0.133. The number of benzene rings is 1. The van der Waals surface area contributed by atoms with E-state index in [1.165, 1.54) is 26.4 Å². The summed E-state index contributed by atoms with van der Waals surface area (Å²) < 4.78 is 24.1. The highest BCUT2D eigenvalue weighted by molar-refractivity contribution is 5.96. The number of aromatic nitrogens is 1. The summed E-state index contributed by atoms with van der Waals surface area (Å²) in [6.45, 7) is 1.33. The minimum absolute atomic E-state index is 0.0507. The second-order valence-corrected chi connectivity index (χ2v) is 7.99. The van der Waals surface area contributed by atoms with E-state index in [9.17, 15) is 14.0 Å². The number of rotatable bonds is 5. The SMILES string of the molecule is COc1ccc(C(=O)N2C[C@H]3CCCC(=O)N(Cc4cccc(F)c4)[C@H]3C2)c(OC)n1. The third kappa shape index (κ3) is 4.33. The Morgan fingerprint density at radius 1 is 1.19 bits per heavy atom. The molecule has 7 nitrogen and oxygen atoms in total. The average Bonchev–Trinajstić information content (AvgIpc) is 3.14. The normalized spacial score (nSPS) is 20.9. The zero-order valence-electron chi connectivity index (χ0n) is 17.7. The van der Waals surface area contributed by atoms with E-state index in [1.54, 1.807) is 23.1 Å². The number of carbonyl (C=O) groups is 2. The number of methoxy groups -OCH3 is 2. The molecule has 164 valence electrons. The molecule has 3 heterocycles. The number of ether oxygens (including phenoxy) is 2. The number of pyridine rings is 1. The number of hydrogen-bond acceptors (Lipinski definition) is 5. The first-order valence-corrected chi connectivity index (χ1v) is 10.4. The van der Waals surface area contributed by atoms with Crippen molar-refractivity contribution in [3.05, 3.63) is 53.3 Å². The van der Waals surface area contributed by atoms with Gasteiger partial charge in [-0.1, -0.05) is 12.1 Å². The van der Waals surface area contributed by atoms with E-state index in [-0.39, 0.29) is 35.5 Å². The third-order valence-corrected chi connectivity index (χ3v) is 6.09. The van der Waals surface area contributed by atoms with E-state index in [2.05, 4.69) is 4.98 Å². The predicted molar refractivity (Wildman–Crippen MR) is 111 cm³/mol. The summed E-state index contributed by atoms with van der Waals surface area (Å²) in [4.78, 5) is 33.9. The molecule has 2 amide bonds. The van der Waals surface area contributed by atoms with E-state index < -0.39 is 0 Å². The Kier molecular flexibility index (Phi) is 6.06. The largest absolute Gasteiger partial charge is 0.481 e. The van der Waals surface area contributed by atoms with Gasteiger partial charge in [-0.15, -0.1) is 0 Å². The van der Waals surface area contributed by atoms with Crippen LogP contribution in [0.2, 0.25) is 0 Å². The monoisotopic (exact) mass is 427 g/mol. The van der Waals surface area contributed by atoms with Crippen LogP contribution in [0.1, 0.15) is 35.2 Å². The first kappa shape index (κ1) is 21.1. The Morgan fingerprint density at radius 2 is 2.03 bits per heavy atom. The molecule has 0 radical (unpaired) electrons. The standard InChI is InChI=1S/C23H26FN3O4/c1-30-20-10-9-18(22(25-20)31-2)23(29)26-13-16-6-4-8-21(28)27(19(16)14-26)12-15-5-3-7-17(24)11-15/h3,5,7,9-11,16,19H,4,6,8,12-14H2,1-2H3/t16-,19+/m1/s1. The number of amides is 2. The molecule has 0 N–H and O–H groups in total. The van der Waals surface area contributed by atoms with E-state index in [4.69, 9.17) is 9.47 Å². The van der Waals surface area contributed by atoms with Gasteiger partial charge in [0.25, 0.3) is 5.91 Å². The van der Waals surface area contributed by atoms with Crippen molar-refractivity contribution in [3.63, 3.8) is 0 Å². The summed E-state index contributed by atoms with van der Waals surface area (Å²) in [5.74, 6) is 0.309. The highest BCUT2D eigenvalue weighted by Crippen LogP contribution is 2.33. The summed E-state index contributed by atoms with van der Waals surface area (Å²) in [5, 5.41) is 0. The van der Waals surface area contributed by atoms with Crippen LogP contribution in [0.15, 0.2) is 36.4 Å². The van der Waals surface area contributed by atoms with Crippen LogP contribution in [-0.4, -0.2) is 59.9 Å². The molecule has 2 atom stereocenters. The van der Waals surface area contributed by atoms with E-state index in [1.807, 2.05) is 11.0 Å². The van der Waals surface area contributed by atoms with Crippen molar-refractivity contribution in [2.75, 3.05) is 27.3 Å². The minimum Gasteiger partial charge on any atom is -0.481 e. The molecule has 1 aromatic carbocycles. The Balaban J connectivity index is 1.56. The molecule has 8 heteroatoms. The maximum Gasteiger partial charge on any atom is 0.259 e. The Labute approximate surface area is 180 Å². The second-order valence-electron chi connectivity index (χ2n) is 7.99. The lowest BCUT2D eigenvalue weighted by Gasteiger charge is -2.30. The third-order valence-electron chi connectivity index (χ3n) is 6.09. The molecule has 0 bridgehead atoms. The molecule has 0 saturated carbocycles. The number of halogens is 1. The Bertz CT molecular complexity index is 983. The van der Waals surface area contributed by atoms with Crippen molar-refractivity contribution in [2.24, 2.45) is 5.92 Å². The number of carbonyl (C=O) groups excluding carboxylic acids is 2. The summed E-state index contributed by atoms with van der Waals surface area (Å²) in [6.07, 6.45) is 2.14. The fourth-order valence-electron chi connectivity index (χ4n) is 4.56. The minimum atomic E-state index is -0.321. The van der Waals surface area contributed by atoms with Crippen molar-refractivity contribution in [1.29, 1.82) is 0 Å². The molecule has 0 unspecified atom stereocenters. The van der Waals surface area contributed by atoms with Crippen LogP contribution in [0.5, 0.6) is 11.8 Å². The molecule has 2 saturated heterocycles. The highest BCUT2D eigenvalue weighted by atomic mass is 19.1. The summed E-state index contributed by atoms with van der Waals surface area (Å²) in [6, 6.07) is 9.50. The summed E-state index contributed by atoms with van der Waals surface area (Å²) in [7, 11) is 2.97. The number of nitrogens with zero attached hydrogens (tertiary/aromatic N) is 3. The van der Waals surface area contributed by atoms with Gasteiger partial charge in [0.1, 0.15) is 11.4 Å². The molecule has 31 heavy (non-hydrogen) atoms. The van der Waals surface area contributed by atoms with Gasteiger partial charge in [0, 0.05) is 32.1 Å². The first-order chi connectivity index (χ1) is 15.0. The molecule has 0 aliphatic carbocycles. The Morgan fingerprint density at radius 3 is 2.77 bits per heavy atom. The lowest BCUT2D eigenvalue weighted by Crippen LogP contribution is -2.43. The van der Waals surface area contributed by atoms with Crippen molar-refractivity contribution in [2.45, 2.75) is 31.8 Å². The van der Waals surface area contributed by atoms with E-state index in [0.717, 1.165) is 18.4 Å². The lowest BCUT2D eigenvalue weighted by atomic mass is 9.98. The van der Waals surface area contributed by atoms with Gasteiger partial charge in [0.05, 0.1) is 20.3 Å². The van der Waals surface area contributed by atoms with Crippen LogP contribution < -0.4 is 9.47 Å². The molecule has 0 spiro atoms. The molecule has 2 aliphatic rings. The predicted octanol–water partition coefficient (Wildman–Crippen LogP) is 2.89. The maximum absolute atomic E-state index is 13.7. The molecular weight excluding hydrogens is 401 g/mol. The molecule has 4 rings (SSSR count). The van der Waals surface area contributed by atoms with Gasteiger partial charge < -0.3 is 19.3 Å². The summed E-state index contributed by atoms with van der Waals surface area (Å²) >= 11 is 0. The van der Waals surface area contributed by atoms with Crippen molar-refractivity contribution < 1.29 is 23.5 Å². The van der Waals surface area contributed by atoms with Crippen molar-refractivity contribution in [1.82, 2.24) is 14.8 Å². The topological polar surface area (TPSA) is 72.0 Å². The zero-order valence-corrected chi connectivity index (χ0v) is 17.7. The van der Waals surface area contributed by atoms with Crippen molar-refractivity contribution in [3.8, 4) is 11.8 Å². The molecule has 2 aromatic rings. The van der Waals surface area contributed by atoms with Crippen LogP contribution in [0.4, 0.5) is 4.39 Å². The van der Waals surface area contributed by atoms with Gasteiger partial charge in [0.15, 0.2) is 0 Å².